The molecule has 0 saturated heterocycles. The van der Waals surface area contributed by atoms with Gasteiger partial charge in [0.2, 0.25) is 5.91 Å². The molecule has 1 radical (unpaired) electrons. The zero-order valence-electron chi connectivity index (χ0n) is 16.8. The predicted octanol–water partition coefficient (Wildman–Crippen LogP) is 4.57. The molecular formula is C25H21FN3O2. The summed E-state index contributed by atoms with van der Waals surface area (Å²) < 4.78 is 19.8. The van der Waals surface area contributed by atoms with E-state index in [9.17, 15) is 14.4 Å². The number of ether oxygens (including phenoxy) is 1. The van der Waals surface area contributed by atoms with Gasteiger partial charge in [0.25, 0.3) is 0 Å². The number of amides is 1. The van der Waals surface area contributed by atoms with E-state index in [2.05, 4.69) is 10.3 Å². The average Bonchev–Trinajstić information content (AvgIpc) is 2.80. The number of halogens is 1. The number of hydrogen-bond acceptors (Lipinski definition) is 4. The third-order valence-corrected chi connectivity index (χ3v) is 4.37. The van der Waals surface area contributed by atoms with E-state index in [0.29, 0.717) is 17.9 Å². The summed E-state index contributed by atoms with van der Waals surface area (Å²) >= 11 is 0. The van der Waals surface area contributed by atoms with Crippen LogP contribution >= 0.6 is 0 Å². The fourth-order valence-electron chi connectivity index (χ4n) is 2.79. The molecule has 0 fully saturated rings. The van der Waals surface area contributed by atoms with Gasteiger partial charge in [-0.25, -0.2) is 4.39 Å². The van der Waals surface area contributed by atoms with Crippen LogP contribution in [0.1, 0.15) is 23.2 Å². The Morgan fingerprint density at radius 2 is 1.94 bits per heavy atom. The molecule has 0 aliphatic heterocycles. The van der Waals surface area contributed by atoms with Crippen molar-refractivity contribution >= 4 is 17.6 Å². The molecule has 0 aliphatic rings. The second-order valence-electron chi connectivity index (χ2n) is 6.63. The lowest BCUT2D eigenvalue weighted by Gasteiger charge is -2.09. The largest absolute Gasteiger partial charge is 0.493 e. The molecule has 0 spiro atoms. The monoisotopic (exact) mass is 414 g/mol. The van der Waals surface area contributed by atoms with Gasteiger partial charge in [0.15, 0.2) is 0 Å². The third kappa shape index (κ3) is 6.79. The maximum atomic E-state index is 14.2. The summed E-state index contributed by atoms with van der Waals surface area (Å²) in [5.41, 5.74) is 2.01. The van der Waals surface area contributed by atoms with Gasteiger partial charge in [-0.15, -0.1) is 0 Å². The van der Waals surface area contributed by atoms with E-state index < -0.39 is 5.82 Å². The molecule has 1 amide bonds. The van der Waals surface area contributed by atoms with Crippen molar-refractivity contribution < 1.29 is 13.9 Å². The van der Waals surface area contributed by atoms with E-state index in [1.165, 1.54) is 24.3 Å². The molecule has 0 saturated carbocycles. The average molecular weight is 414 g/mol. The summed E-state index contributed by atoms with van der Waals surface area (Å²) in [6, 6.07) is 21.3. The number of hydrogen-bond donors (Lipinski definition) is 1. The van der Waals surface area contributed by atoms with E-state index in [1.54, 1.807) is 30.9 Å². The highest BCUT2D eigenvalue weighted by molar-refractivity contribution is 5.88. The van der Waals surface area contributed by atoms with Crippen LogP contribution in [0.4, 0.5) is 4.39 Å². The second-order valence-corrected chi connectivity index (χ2v) is 6.63. The normalized spacial score (nSPS) is 10.9. The molecule has 0 aliphatic carbocycles. The lowest BCUT2D eigenvalue weighted by Crippen LogP contribution is -2.23. The van der Waals surface area contributed by atoms with Crippen molar-refractivity contribution in [1.82, 2.24) is 10.3 Å². The van der Waals surface area contributed by atoms with Gasteiger partial charge in [-0.2, -0.15) is 5.26 Å². The smallest absolute Gasteiger partial charge is 0.223 e. The number of nitrogens with zero attached hydrogens (tertiary/aromatic N) is 2. The van der Waals surface area contributed by atoms with Crippen LogP contribution in [0, 0.1) is 23.7 Å². The van der Waals surface area contributed by atoms with Gasteiger partial charge in [-0.05, 0) is 48.4 Å². The molecule has 2 aromatic carbocycles. The summed E-state index contributed by atoms with van der Waals surface area (Å²) in [6.07, 6.45) is 3.79. The summed E-state index contributed by atoms with van der Waals surface area (Å²) in [6.45, 7) is 1.85. The molecule has 155 valence electrons. The van der Waals surface area contributed by atoms with Crippen LogP contribution < -0.4 is 10.1 Å². The Kier molecular flexibility index (Phi) is 7.90. The summed E-state index contributed by atoms with van der Waals surface area (Å²) in [4.78, 5) is 16.1. The standard InChI is InChI=1S/C25H21FN3O2/c26-23-10-9-22(17-20(23)16-21(18-27)24-8-4-5-13-28-24)31-15-12-25(30)29-14-11-19-6-2-1-3-7-19/h1-10,13-14,16-17H,11-12,15H2,(H,29,30). The molecule has 1 heterocycles. The van der Waals surface area contributed by atoms with Crippen molar-refractivity contribution in [2.75, 3.05) is 6.61 Å². The van der Waals surface area contributed by atoms with E-state index in [0.717, 1.165) is 5.56 Å². The minimum absolute atomic E-state index is 0.144. The number of rotatable bonds is 9. The molecule has 0 unspecified atom stereocenters. The lowest BCUT2D eigenvalue weighted by atomic mass is 10.1. The number of carbonyl (C=O) groups is 1. The van der Waals surface area contributed by atoms with Crippen molar-refractivity contribution in [3.63, 3.8) is 0 Å². The first kappa shape index (κ1) is 21.7. The fraction of sp³-hybridized carbons (Fsp3) is 0.120. The van der Waals surface area contributed by atoms with E-state index >= 15 is 0 Å². The first-order valence-electron chi connectivity index (χ1n) is 9.76. The van der Waals surface area contributed by atoms with Gasteiger partial charge in [0.05, 0.1) is 30.8 Å². The molecule has 6 heteroatoms. The minimum Gasteiger partial charge on any atom is -0.493 e. The van der Waals surface area contributed by atoms with E-state index in [1.807, 2.05) is 36.4 Å². The topological polar surface area (TPSA) is 75.0 Å². The molecule has 1 aromatic heterocycles. The van der Waals surface area contributed by atoms with Crippen LogP contribution in [-0.4, -0.2) is 17.5 Å². The SMILES string of the molecule is N#CC(=Cc1cc(OCCC(=O)N[CH]Cc2ccccc2)ccc1F)c1ccccn1. The Balaban J connectivity index is 1.53. The first-order valence-corrected chi connectivity index (χ1v) is 9.76. The summed E-state index contributed by atoms with van der Waals surface area (Å²) in [5.74, 6) is -0.239. The Morgan fingerprint density at radius 1 is 1.13 bits per heavy atom. The Bertz CT molecular complexity index is 1080. The van der Waals surface area contributed by atoms with Gasteiger partial charge in [0.1, 0.15) is 17.6 Å². The zero-order chi connectivity index (χ0) is 21.9. The molecule has 5 nitrogen and oxygen atoms in total. The number of pyridine rings is 1. The third-order valence-electron chi connectivity index (χ3n) is 4.37. The molecular weight excluding hydrogens is 393 g/mol. The Hall–Kier alpha value is -3.98. The van der Waals surface area contributed by atoms with Gasteiger partial charge in [-0.1, -0.05) is 36.4 Å². The van der Waals surface area contributed by atoms with Crippen LogP contribution in [0.2, 0.25) is 0 Å². The maximum Gasteiger partial charge on any atom is 0.223 e. The molecule has 3 aromatic rings. The van der Waals surface area contributed by atoms with Crippen LogP contribution in [-0.2, 0) is 11.2 Å². The summed E-state index contributed by atoms with van der Waals surface area (Å²) in [5, 5.41) is 12.1. The highest BCUT2D eigenvalue weighted by Crippen LogP contribution is 2.22. The van der Waals surface area contributed by atoms with Crippen molar-refractivity contribution in [1.29, 1.82) is 5.26 Å². The number of allylic oxidation sites excluding steroid dienone is 1. The molecule has 0 bridgehead atoms. The van der Waals surface area contributed by atoms with Crippen molar-refractivity contribution in [2.24, 2.45) is 0 Å². The quantitative estimate of drug-likeness (QED) is 0.520. The summed E-state index contributed by atoms with van der Waals surface area (Å²) in [7, 11) is 0. The van der Waals surface area contributed by atoms with Crippen LogP contribution in [0.3, 0.4) is 0 Å². The molecule has 1 N–H and O–H groups in total. The van der Waals surface area contributed by atoms with Gasteiger partial charge >= 0.3 is 0 Å². The Morgan fingerprint density at radius 3 is 2.68 bits per heavy atom. The van der Waals surface area contributed by atoms with Gasteiger partial charge in [0, 0.05) is 11.8 Å². The van der Waals surface area contributed by atoms with Gasteiger partial charge in [-0.3, -0.25) is 9.78 Å². The van der Waals surface area contributed by atoms with Crippen molar-refractivity contribution in [3.8, 4) is 11.8 Å². The van der Waals surface area contributed by atoms with Crippen LogP contribution in [0.15, 0.2) is 72.9 Å². The van der Waals surface area contributed by atoms with Crippen molar-refractivity contribution in [2.45, 2.75) is 12.8 Å². The number of carbonyl (C=O) groups excluding carboxylic acids is 1. The fourth-order valence-corrected chi connectivity index (χ4v) is 2.79. The number of benzene rings is 2. The molecule has 0 atom stereocenters. The van der Waals surface area contributed by atoms with Crippen molar-refractivity contribution in [3.05, 3.63) is 102 Å². The lowest BCUT2D eigenvalue weighted by molar-refractivity contribution is -0.121. The van der Waals surface area contributed by atoms with E-state index in [-0.39, 0.29) is 30.1 Å². The number of aromatic nitrogens is 1. The molecule has 3 rings (SSSR count). The maximum absolute atomic E-state index is 14.2. The highest BCUT2D eigenvalue weighted by atomic mass is 19.1. The van der Waals surface area contributed by atoms with Gasteiger partial charge < -0.3 is 10.1 Å². The number of nitrogens with one attached hydrogen (secondary N) is 1. The molecule has 31 heavy (non-hydrogen) atoms. The zero-order valence-corrected chi connectivity index (χ0v) is 16.8. The predicted molar refractivity (Wildman–Crippen MR) is 117 cm³/mol. The number of nitriles is 1. The Labute approximate surface area is 180 Å². The van der Waals surface area contributed by atoms with Crippen LogP contribution in [0.25, 0.3) is 11.6 Å². The highest BCUT2D eigenvalue weighted by Gasteiger charge is 2.08. The minimum atomic E-state index is -0.482. The van der Waals surface area contributed by atoms with Crippen LogP contribution in [0.5, 0.6) is 5.75 Å². The second kappa shape index (κ2) is 11.3. The first-order chi connectivity index (χ1) is 15.2. The van der Waals surface area contributed by atoms with E-state index in [4.69, 9.17) is 4.74 Å².